The standard InChI is InChI=1S/C14H12O/c1-11-8-9-13(15-2)10-14(11)12-6-4-3-5-7-12/h4-10H,1H2,2H3. The van der Waals surface area contributed by atoms with Crippen LogP contribution in [0.5, 0.6) is 5.75 Å². The molecule has 2 radical (unpaired) electrons. The Morgan fingerprint density at radius 1 is 1.13 bits per heavy atom. The Hall–Kier alpha value is -1.76. The predicted molar refractivity (Wildman–Crippen MR) is 61.7 cm³/mol. The van der Waals surface area contributed by atoms with E-state index in [0.717, 1.165) is 22.4 Å². The van der Waals surface area contributed by atoms with Crippen molar-refractivity contribution in [2.24, 2.45) is 0 Å². The quantitative estimate of drug-likeness (QED) is 0.715. The Bertz CT molecular complexity index is 446. The molecular weight excluding hydrogens is 184 g/mol. The van der Waals surface area contributed by atoms with Crippen LogP contribution in [0.4, 0.5) is 0 Å². The van der Waals surface area contributed by atoms with Gasteiger partial charge in [-0.15, -0.1) is 0 Å². The fourth-order valence-electron chi connectivity index (χ4n) is 1.52. The summed E-state index contributed by atoms with van der Waals surface area (Å²) in [4.78, 5) is 0. The molecule has 2 aromatic carbocycles. The molecule has 0 aromatic heterocycles. The Morgan fingerprint density at radius 2 is 1.87 bits per heavy atom. The van der Waals surface area contributed by atoms with Gasteiger partial charge in [-0.05, 0) is 41.8 Å². The molecule has 0 fully saturated rings. The number of rotatable bonds is 2. The lowest BCUT2D eigenvalue weighted by Gasteiger charge is -2.08. The van der Waals surface area contributed by atoms with Gasteiger partial charge >= 0.3 is 0 Å². The van der Waals surface area contributed by atoms with E-state index >= 15 is 0 Å². The first-order chi connectivity index (χ1) is 7.31. The summed E-state index contributed by atoms with van der Waals surface area (Å²) in [6, 6.07) is 16.7. The molecule has 1 heteroatoms. The second-order valence-electron chi connectivity index (χ2n) is 3.31. The van der Waals surface area contributed by atoms with E-state index in [1.165, 1.54) is 0 Å². The fourth-order valence-corrected chi connectivity index (χ4v) is 1.52. The molecule has 1 nitrogen and oxygen atoms in total. The van der Waals surface area contributed by atoms with Crippen molar-refractivity contribution in [3.63, 3.8) is 0 Å². The molecule has 0 saturated heterocycles. The molecular formula is C14H12O. The summed E-state index contributed by atoms with van der Waals surface area (Å²) in [7, 11) is 1.67. The van der Waals surface area contributed by atoms with E-state index in [-0.39, 0.29) is 0 Å². The summed E-state index contributed by atoms with van der Waals surface area (Å²) in [5, 5.41) is 0. The molecule has 0 aliphatic carbocycles. The van der Waals surface area contributed by atoms with E-state index in [1.54, 1.807) is 7.11 Å². The molecule has 0 bridgehead atoms. The Labute approximate surface area is 90.3 Å². The topological polar surface area (TPSA) is 9.23 Å². The van der Waals surface area contributed by atoms with Gasteiger partial charge in [-0.2, -0.15) is 0 Å². The second-order valence-corrected chi connectivity index (χ2v) is 3.31. The lowest BCUT2D eigenvalue weighted by atomic mass is 10.0. The molecule has 74 valence electrons. The molecule has 0 atom stereocenters. The lowest BCUT2D eigenvalue weighted by molar-refractivity contribution is 0.415. The minimum atomic E-state index is 0.852. The van der Waals surface area contributed by atoms with Crippen LogP contribution >= 0.6 is 0 Å². The maximum atomic E-state index is 5.20. The fraction of sp³-hybridized carbons (Fsp3) is 0.0714. The van der Waals surface area contributed by atoms with Crippen molar-refractivity contribution in [2.75, 3.05) is 7.11 Å². The van der Waals surface area contributed by atoms with Crippen LogP contribution < -0.4 is 4.74 Å². The number of hydrogen-bond donors (Lipinski definition) is 0. The van der Waals surface area contributed by atoms with Crippen LogP contribution in [0.15, 0.2) is 42.5 Å². The third kappa shape index (κ3) is 2.01. The maximum absolute atomic E-state index is 5.20. The maximum Gasteiger partial charge on any atom is 0.119 e. The van der Waals surface area contributed by atoms with Gasteiger partial charge in [0.25, 0.3) is 0 Å². The minimum Gasteiger partial charge on any atom is -0.497 e. The molecule has 15 heavy (non-hydrogen) atoms. The van der Waals surface area contributed by atoms with E-state index in [4.69, 9.17) is 4.74 Å². The normalized spacial score (nSPS) is 10.0. The average molecular weight is 196 g/mol. The second kappa shape index (κ2) is 4.18. The van der Waals surface area contributed by atoms with Crippen LogP contribution in [0.25, 0.3) is 11.1 Å². The van der Waals surface area contributed by atoms with E-state index in [1.807, 2.05) is 42.5 Å². The van der Waals surface area contributed by atoms with Crippen molar-refractivity contribution in [1.29, 1.82) is 0 Å². The van der Waals surface area contributed by atoms with E-state index in [2.05, 4.69) is 13.0 Å². The molecule has 2 aromatic rings. The highest BCUT2D eigenvalue weighted by molar-refractivity contribution is 5.69. The van der Waals surface area contributed by atoms with Crippen LogP contribution in [0.2, 0.25) is 0 Å². The van der Waals surface area contributed by atoms with E-state index < -0.39 is 0 Å². The van der Waals surface area contributed by atoms with Crippen molar-refractivity contribution < 1.29 is 4.74 Å². The van der Waals surface area contributed by atoms with Crippen molar-refractivity contribution in [2.45, 2.75) is 0 Å². The van der Waals surface area contributed by atoms with Gasteiger partial charge < -0.3 is 4.74 Å². The smallest absolute Gasteiger partial charge is 0.119 e. The van der Waals surface area contributed by atoms with Gasteiger partial charge in [0, 0.05) is 0 Å². The van der Waals surface area contributed by atoms with Crippen molar-refractivity contribution in [3.8, 4) is 16.9 Å². The van der Waals surface area contributed by atoms with Crippen molar-refractivity contribution in [1.82, 2.24) is 0 Å². The van der Waals surface area contributed by atoms with Crippen LogP contribution in [0, 0.1) is 13.0 Å². The van der Waals surface area contributed by atoms with Crippen LogP contribution in [0.3, 0.4) is 0 Å². The van der Waals surface area contributed by atoms with Crippen LogP contribution in [-0.4, -0.2) is 7.11 Å². The van der Waals surface area contributed by atoms with Gasteiger partial charge in [-0.25, -0.2) is 0 Å². The highest BCUT2D eigenvalue weighted by Gasteiger charge is 2.02. The summed E-state index contributed by atoms with van der Waals surface area (Å²) in [5.74, 6) is 0.852. The molecule has 0 aliphatic rings. The van der Waals surface area contributed by atoms with Gasteiger partial charge in [-0.1, -0.05) is 30.3 Å². The zero-order chi connectivity index (χ0) is 10.7. The van der Waals surface area contributed by atoms with Crippen molar-refractivity contribution >= 4 is 0 Å². The van der Waals surface area contributed by atoms with Gasteiger partial charge in [0.2, 0.25) is 0 Å². The molecule has 0 heterocycles. The molecule has 0 unspecified atom stereocenters. The zero-order valence-electron chi connectivity index (χ0n) is 8.66. The van der Waals surface area contributed by atoms with Gasteiger partial charge in [-0.3, -0.25) is 0 Å². The largest absolute Gasteiger partial charge is 0.497 e. The first-order valence-corrected chi connectivity index (χ1v) is 4.78. The minimum absolute atomic E-state index is 0.852. The number of methoxy groups -OCH3 is 1. The highest BCUT2D eigenvalue weighted by atomic mass is 16.5. The number of ether oxygens (including phenoxy) is 1. The van der Waals surface area contributed by atoms with E-state index in [0.29, 0.717) is 0 Å². The summed E-state index contributed by atoms with van der Waals surface area (Å²) >= 11 is 0. The monoisotopic (exact) mass is 196 g/mol. The predicted octanol–water partition coefficient (Wildman–Crippen LogP) is 3.34. The Balaban J connectivity index is 2.52. The average Bonchev–Trinajstić information content (AvgIpc) is 2.31. The van der Waals surface area contributed by atoms with Crippen LogP contribution in [0.1, 0.15) is 5.56 Å². The van der Waals surface area contributed by atoms with Gasteiger partial charge in [0.05, 0.1) is 7.11 Å². The molecule has 0 saturated carbocycles. The molecule has 0 spiro atoms. The Morgan fingerprint density at radius 3 is 2.53 bits per heavy atom. The third-order valence-electron chi connectivity index (χ3n) is 2.35. The summed E-state index contributed by atoms with van der Waals surface area (Å²) in [5.41, 5.74) is 3.24. The zero-order valence-corrected chi connectivity index (χ0v) is 8.66. The van der Waals surface area contributed by atoms with Gasteiger partial charge in [0.1, 0.15) is 5.75 Å². The SMILES string of the molecule is [CH2]c1ccc(OC)cc1-c1cc[c]cc1. The first-order valence-electron chi connectivity index (χ1n) is 4.78. The van der Waals surface area contributed by atoms with E-state index in [9.17, 15) is 0 Å². The molecule has 0 amide bonds. The summed E-state index contributed by atoms with van der Waals surface area (Å²) < 4.78 is 5.20. The Kier molecular flexibility index (Phi) is 2.72. The summed E-state index contributed by atoms with van der Waals surface area (Å²) in [6.45, 7) is 4.01. The number of hydrogen-bond acceptors (Lipinski definition) is 1. The lowest BCUT2D eigenvalue weighted by Crippen LogP contribution is -1.87. The van der Waals surface area contributed by atoms with Crippen molar-refractivity contribution in [3.05, 3.63) is 61.0 Å². The molecule has 0 N–H and O–H groups in total. The molecule has 2 rings (SSSR count). The number of benzene rings is 2. The first kappa shape index (κ1) is 9.78. The molecule has 0 aliphatic heterocycles. The summed E-state index contributed by atoms with van der Waals surface area (Å²) in [6.07, 6.45) is 0. The van der Waals surface area contributed by atoms with Gasteiger partial charge in [0.15, 0.2) is 0 Å². The highest BCUT2D eigenvalue weighted by Crippen LogP contribution is 2.26. The third-order valence-corrected chi connectivity index (χ3v) is 2.35. The van der Waals surface area contributed by atoms with Crippen LogP contribution in [-0.2, 0) is 0 Å².